The summed E-state index contributed by atoms with van der Waals surface area (Å²) in [6.07, 6.45) is -0.0194. The summed E-state index contributed by atoms with van der Waals surface area (Å²) >= 11 is 5.78. The van der Waals surface area contributed by atoms with Crippen molar-refractivity contribution < 1.29 is 22.7 Å². The van der Waals surface area contributed by atoms with E-state index >= 15 is 0 Å². The quantitative estimate of drug-likeness (QED) is 0.785. The number of carbonyl (C=O) groups is 2. The van der Waals surface area contributed by atoms with E-state index in [4.69, 9.17) is 16.3 Å². The Balaban J connectivity index is 2.11. The first-order chi connectivity index (χ1) is 12.1. The Morgan fingerprint density at radius 2 is 1.73 bits per heavy atom. The number of nitrogens with one attached hydrogen (secondary N) is 1. The van der Waals surface area contributed by atoms with Gasteiger partial charge in [0.15, 0.2) is 15.9 Å². The van der Waals surface area contributed by atoms with E-state index in [1.165, 1.54) is 25.1 Å². The van der Waals surface area contributed by atoms with Crippen LogP contribution in [-0.4, -0.2) is 32.7 Å². The number of amides is 1. The number of carbonyl (C=O) groups excluding carboxylic acids is 2. The fraction of sp³-hybridized carbons (Fsp3) is 0.222. The molecule has 0 bridgehead atoms. The van der Waals surface area contributed by atoms with Gasteiger partial charge in [0.2, 0.25) is 0 Å². The highest BCUT2D eigenvalue weighted by molar-refractivity contribution is 7.90. The van der Waals surface area contributed by atoms with E-state index in [1.54, 1.807) is 31.2 Å². The van der Waals surface area contributed by atoms with Crippen LogP contribution in [0.25, 0.3) is 0 Å². The molecule has 0 aliphatic rings. The number of ether oxygens (including phenoxy) is 1. The van der Waals surface area contributed by atoms with E-state index in [2.05, 4.69) is 5.32 Å². The monoisotopic (exact) mass is 395 g/mol. The summed E-state index contributed by atoms with van der Waals surface area (Å²) in [6.45, 7) is 3.08. The van der Waals surface area contributed by atoms with Crippen LogP contribution >= 0.6 is 11.6 Å². The van der Waals surface area contributed by atoms with Gasteiger partial charge in [-0.25, -0.2) is 13.2 Å². The molecule has 6 nitrogen and oxygen atoms in total. The van der Waals surface area contributed by atoms with Gasteiger partial charge in [0.1, 0.15) is 0 Å². The van der Waals surface area contributed by atoms with Crippen molar-refractivity contribution in [3.8, 4) is 0 Å². The van der Waals surface area contributed by atoms with Gasteiger partial charge in [0, 0.05) is 17.0 Å². The van der Waals surface area contributed by atoms with Gasteiger partial charge in [-0.1, -0.05) is 17.7 Å². The van der Waals surface area contributed by atoms with Crippen LogP contribution in [0.2, 0.25) is 5.02 Å². The molecule has 8 heteroatoms. The second-order valence-corrected chi connectivity index (χ2v) is 8.24. The maximum atomic E-state index is 12.3. The third-order valence-electron chi connectivity index (χ3n) is 3.62. The van der Waals surface area contributed by atoms with Crippen molar-refractivity contribution in [1.82, 2.24) is 0 Å². The van der Waals surface area contributed by atoms with Gasteiger partial charge in [-0.3, -0.25) is 4.79 Å². The van der Waals surface area contributed by atoms with E-state index in [9.17, 15) is 18.0 Å². The molecule has 1 atom stereocenters. The second-order valence-electron chi connectivity index (χ2n) is 5.79. The summed E-state index contributed by atoms with van der Waals surface area (Å²) in [5, 5.41) is 3.14. The first kappa shape index (κ1) is 19.9. The van der Waals surface area contributed by atoms with Gasteiger partial charge in [-0.05, 0) is 55.8 Å². The number of hydrogen-bond donors (Lipinski definition) is 1. The van der Waals surface area contributed by atoms with E-state index in [0.717, 1.165) is 6.26 Å². The molecule has 0 fully saturated rings. The summed E-state index contributed by atoms with van der Waals surface area (Å²) < 4.78 is 28.5. The fourth-order valence-corrected chi connectivity index (χ4v) is 2.88. The Morgan fingerprint density at radius 1 is 1.12 bits per heavy atom. The summed E-state index contributed by atoms with van der Waals surface area (Å²) in [6, 6.07) is 10.7. The van der Waals surface area contributed by atoms with Crippen LogP contribution < -0.4 is 5.32 Å². The van der Waals surface area contributed by atoms with Crippen molar-refractivity contribution in [3.05, 3.63) is 58.6 Å². The van der Waals surface area contributed by atoms with Crippen LogP contribution in [0.5, 0.6) is 0 Å². The van der Waals surface area contributed by atoms with E-state index in [1.807, 2.05) is 0 Å². The van der Waals surface area contributed by atoms with Gasteiger partial charge >= 0.3 is 5.97 Å². The highest BCUT2D eigenvalue weighted by Gasteiger charge is 2.21. The van der Waals surface area contributed by atoms with E-state index < -0.39 is 27.8 Å². The van der Waals surface area contributed by atoms with Gasteiger partial charge in [-0.2, -0.15) is 0 Å². The molecule has 1 amide bonds. The molecule has 1 N–H and O–H groups in total. The van der Waals surface area contributed by atoms with Crippen molar-refractivity contribution in [2.75, 3.05) is 11.6 Å². The lowest BCUT2D eigenvalue weighted by molar-refractivity contribution is -0.123. The lowest BCUT2D eigenvalue weighted by Gasteiger charge is -2.15. The maximum absolute atomic E-state index is 12.3. The predicted molar refractivity (Wildman–Crippen MR) is 99.2 cm³/mol. The fourth-order valence-electron chi connectivity index (χ4n) is 2.11. The standard InChI is InChI=1S/C18H18ClNO5S/c1-11-4-9-15(26(3,23)24)10-16(11)18(22)25-12(2)17(21)20-14-7-5-13(19)6-8-14/h4-10,12H,1-3H3,(H,20,21)/t12-/m1/s1. The minimum atomic E-state index is -3.46. The third-order valence-corrected chi connectivity index (χ3v) is 4.98. The summed E-state index contributed by atoms with van der Waals surface area (Å²) in [5.41, 5.74) is 1.16. The van der Waals surface area contributed by atoms with Crippen LogP contribution in [-0.2, 0) is 19.4 Å². The van der Waals surface area contributed by atoms with Crippen molar-refractivity contribution in [2.45, 2.75) is 24.8 Å². The Morgan fingerprint density at radius 3 is 2.31 bits per heavy atom. The highest BCUT2D eigenvalue weighted by Crippen LogP contribution is 2.18. The van der Waals surface area contributed by atoms with Gasteiger partial charge in [0.25, 0.3) is 5.91 Å². The minimum absolute atomic E-state index is 0.00770. The molecule has 0 unspecified atom stereocenters. The number of hydrogen-bond acceptors (Lipinski definition) is 5. The number of benzene rings is 2. The predicted octanol–water partition coefficient (Wildman–Crippen LogP) is 3.24. The Kier molecular flexibility index (Phi) is 6.05. The number of sulfone groups is 1. The summed E-state index contributed by atoms with van der Waals surface area (Å²) in [4.78, 5) is 24.5. The first-order valence-electron chi connectivity index (χ1n) is 7.66. The van der Waals surface area contributed by atoms with Crippen molar-refractivity contribution in [2.24, 2.45) is 0 Å². The zero-order valence-electron chi connectivity index (χ0n) is 14.4. The molecule has 0 radical (unpaired) electrons. The molecule has 0 saturated heterocycles. The molecule has 138 valence electrons. The van der Waals surface area contributed by atoms with Crippen molar-refractivity contribution in [3.63, 3.8) is 0 Å². The molecular formula is C18H18ClNO5S. The van der Waals surface area contributed by atoms with E-state index in [-0.39, 0.29) is 10.5 Å². The molecule has 0 heterocycles. The Hall–Kier alpha value is -2.38. The van der Waals surface area contributed by atoms with E-state index in [0.29, 0.717) is 16.3 Å². The van der Waals surface area contributed by atoms with Crippen LogP contribution in [0, 0.1) is 6.92 Å². The lowest BCUT2D eigenvalue weighted by Crippen LogP contribution is -2.30. The topological polar surface area (TPSA) is 89.5 Å². The smallest absolute Gasteiger partial charge is 0.339 e. The molecule has 2 aromatic rings. The SMILES string of the molecule is Cc1ccc(S(C)(=O)=O)cc1C(=O)O[C@H](C)C(=O)Nc1ccc(Cl)cc1. The van der Waals surface area contributed by atoms with Gasteiger partial charge < -0.3 is 10.1 Å². The van der Waals surface area contributed by atoms with Gasteiger partial charge in [0.05, 0.1) is 10.5 Å². The van der Waals surface area contributed by atoms with Crippen molar-refractivity contribution in [1.29, 1.82) is 0 Å². The molecule has 26 heavy (non-hydrogen) atoms. The van der Waals surface area contributed by atoms with Crippen LogP contribution in [0.4, 0.5) is 5.69 Å². The third kappa shape index (κ3) is 5.06. The normalized spacial score (nSPS) is 12.3. The van der Waals surface area contributed by atoms with Crippen LogP contribution in [0.3, 0.4) is 0 Å². The second kappa shape index (κ2) is 7.88. The van der Waals surface area contributed by atoms with Crippen LogP contribution in [0.15, 0.2) is 47.4 Å². The maximum Gasteiger partial charge on any atom is 0.339 e. The lowest BCUT2D eigenvalue weighted by atomic mass is 10.1. The number of aryl methyl sites for hydroxylation is 1. The number of anilines is 1. The Bertz CT molecular complexity index is 939. The molecule has 2 aromatic carbocycles. The molecule has 0 spiro atoms. The number of esters is 1. The highest BCUT2D eigenvalue weighted by atomic mass is 35.5. The van der Waals surface area contributed by atoms with Crippen LogP contribution in [0.1, 0.15) is 22.8 Å². The largest absolute Gasteiger partial charge is 0.449 e. The van der Waals surface area contributed by atoms with Gasteiger partial charge in [-0.15, -0.1) is 0 Å². The summed E-state index contributed by atoms with van der Waals surface area (Å²) in [7, 11) is -3.46. The van der Waals surface area contributed by atoms with Crippen molar-refractivity contribution >= 4 is 39.0 Å². The molecule has 2 rings (SSSR count). The molecule has 0 saturated carbocycles. The molecular weight excluding hydrogens is 378 g/mol. The average molecular weight is 396 g/mol. The molecule has 0 aliphatic carbocycles. The average Bonchev–Trinajstić information content (AvgIpc) is 2.56. The Labute approximate surface area is 157 Å². The molecule has 0 aliphatic heterocycles. The molecule has 0 aromatic heterocycles. The number of halogens is 1. The zero-order chi connectivity index (χ0) is 19.5. The zero-order valence-corrected chi connectivity index (χ0v) is 16.0. The number of rotatable bonds is 5. The summed E-state index contributed by atoms with van der Waals surface area (Å²) in [5.74, 6) is -1.29. The first-order valence-corrected chi connectivity index (χ1v) is 9.93. The minimum Gasteiger partial charge on any atom is -0.449 e.